The van der Waals surface area contributed by atoms with Crippen LogP contribution in [0, 0.1) is 17.6 Å². The van der Waals surface area contributed by atoms with Crippen LogP contribution in [0.25, 0.3) is 0 Å². The van der Waals surface area contributed by atoms with Crippen LogP contribution in [0.4, 0.5) is 14.5 Å². The number of carbonyl (C=O) groups excluding carboxylic acids is 1. The Kier molecular flexibility index (Phi) is 6.00. The quantitative estimate of drug-likeness (QED) is 0.532. The lowest BCUT2D eigenvalue weighted by Gasteiger charge is -2.48. The molecule has 3 unspecified atom stereocenters. The van der Waals surface area contributed by atoms with Crippen LogP contribution in [-0.4, -0.2) is 18.1 Å². The second kappa shape index (κ2) is 8.86. The summed E-state index contributed by atoms with van der Waals surface area (Å²) < 4.78 is 31.7. The van der Waals surface area contributed by atoms with Gasteiger partial charge in [-0.15, -0.1) is 0 Å². The molecule has 1 N–H and O–H groups in total. The first kappa shape index (κ1) is 21.0. The molecule has 1 amide bonds. The number of nitrogens with zero attached hydrogens (tertiary/aromatic N) is 1. The molecule has 3 aromatic rings. The van der Waals surface area contributed by atoms with Gasteiger partial charge in [0.1, 0.15) is 17.4 Å². The van der Waals surface area contributed by atoms with Crippen molar-refractivity contribution < 1.29 is 23.4 Å². The van der Waals surface area contributed by atoms with Crippen molar-refractivity contribution in [1.29, 1.82) is 0 Å². The number of ether oxygens (including phenoxy) is 1. The first-order valence-electron chi connectivity index (χ1n) is 10.1. The van der Waals surface area contributed by atoms with Crippen LogP contribution < -0.4 is 9.64 Å². The number of halogens is 2. The van der Waals surface area contributed by atoms with E-state index in [9.17, 15) is 18.7 Å². The largest absolute Gasteiger partial charge is 0.497 e. The molecule has 0 aliphatic carbocycles. The highest BCUT2D eigenvalue weighted by molar-refractivity contribution is 6.03. The molecule has 0 radical (unpaired) electrons. The molecule has 1 fully saturated rings. The Balaban J connectivity index is 1.55. The molecule has 4 nitrogen and oxygen atoms in total. The minimum atomic E-state index is -0.787. The molecule has 6 heteroatoms. The van der Waals surface area contributed by atoms with E-state index in [4.69, 9.17) is 4.74 Å². The van der Waals surface area contributed by atoms with Gasteiger partial charge in [-0.2, -0.15) is 0 Å². The summed E-state index contributed by atoms with van der Waals surface area (Å²) in [4.78, 5) is 14.7. The van der Waals surface area contributed by atoms with Crippen LogP contribution in [0.5, 0.6) is 5.75 Å². The lowest BCUT2D eigenvalue weighted by molar-refractivity contribution is -0.131. The van der Waals surface area contributed by atoms with Gasteiger partial charge in [0, 0.05) is 5.69 Å². The Hall–Kier alpha value is -3.25. The molecular formula is C25H23F2NO3. The predicted octanol–water partition coefficient (Wildman–Crippen LogP) is 5.19. The molecular weight excluding hydrogens is 400 g/mol. The van der Waals surface area contributed by atoms with E-state index in [2.05, 4.69) is 0 Å². The van der Waals surface area contributed by atoms with E-state index in [1.807, 2.05) is 24.3 Å². The standard InChI is InChI=1S/C25H23F2NO3/c1-31-21-12-4-17(5-13-21)24-22(14-15-23(29)16-2-6-18(26)7-3-16)25(30)28(24)20-10-8-19(27)9-11-20/h2-13,22-24,29H,14-15H2,1H3. The Morgan fingerprint density at radius 1 is 0.935 bits per heavy atom. The fraction of sp³-hybridized carbons (Fsp3) is 0.240. The lowest BCUT2D eigenvalue weighted by atomic mass is 9.78. The third-order valence-electron chi connectivity index (χ3n) is 5.78. The van der Waals surface area contributed by atoms with Gasteiger partial charge in [0.2, 0.25) is 5.91 Å². The number of hydrogen-bond acceptors (Lipinski definition) is 3. The molecule has 0 spiro atoms. The van der Waals surface area contributed by atoms with Crippen molar-refractivity contribution in [3.8, 4) is 5.75 Å². The molecule has 1 aliphatic heterocycles. The SMILES string of the molecule is COc1ccc(C2C(CCC(O)c3ccc(F)cc3)C(=O)N2c2ccc(F)cc2)cc1. The molecule has 0 saturated carbocycles. The van der Waals surface area contributed by atoms with Crippen LogP contribution in [-0.2, 0) is 4.79 Å². The summed E-state index contributed by atoms with van der Waals surface area (Å²) >= 11 is 0. The van der Waals surface area contributed by atoms with E-state index in [1.165, 1.54) is 24.3 Å². The average Bonchev–Trinajstić information content (AvgIpc) is 2.79. The second-order valence-corrected chi connectivity index (χ2v) is 7.65. The Morgan fingerprint density at radius 2 is 1.52 bits per heavy atom. The van der Waals surface area contributed by atoms with Crippen molar-refractivity contribution in [2.45, 2.75) is 25.0 Å². The topological polar surface area (TPSA) is 49.8 Å². The summed E-state index contributed by atoms with van der Waals surface area (Å²) in [7, 11) is 1.59. The minimum absolute atomic E-state index is 0.0706. The fourth-order valence-electron chi connectivity index (χ4n) is 4.09. The summed E-state index contributed by atoms with van der Waals surface area (Å²) in [6, 6.07) is 18.8. The number of benzene rings is 3. The highest BCUT2D eigenvalue weighted by Gasteiger charge is 2.48. The number of hydrogen-bond donors (Lipinski definition) is 1. The van der Waals surface area contributed by atoms with Crippen molar-refractivity contribution in [1.82, 2.24) is 0 Å². The second-order valence-electron chi connectivity index (χ2n) is 7.65. The summed E-state index contributed by atoms with van der Waals surface area (Å²) in [5.41, 5.74) is 2.18. The van der Waals surface area contributed by atoms with E-state index in [1.54, 1.807) is 36.3 Å². The summed E-state index contributed by atoms with van der Waals surface area (Å²) in [5.74, 6) is -0.408. The fourth-order valence-corrected chi connectivity index (χ4v) is 4.09. The van der Waals surface area contributed by atoms with Crippen LogP contribution in [0.1, 0.15) is 36.1 Å². The monoisotopic (exact) mass is 423 g/mol. The van der Waals surface area contributed by atoms with Gasteiger partial charge in [0.15, 0.2) is 0 Å². The zero-order chi connectivity index (χ0) is 22.0. The number of β-lactam (4-membered cyclic amide) rings is 1. The summed E-state index contributed by atoms with van der Waals surface area (Å²) in [5, 5.41) is 10.5. The van der Waals surface area contributed by atoms with Crippen molar-refractivity contribution in [3.05, 3.63) is 95.6 Å². The minimum Gasteiger partial charge on any atom is -0.497 e. The number of carbonyl (C=O) groups is 1. The van der Waals surface area contributed by atoms with Crippen molar-refractivity contribution in [2.75, 3.05) is 12.0 Å². The van der Waals surface area contributed by atoms with Gasteiger partial charge in [0.05, 0.1) is 25.2 Å². The molecule has 3 atom stereocenters. The van der Waals surface area contributed by atoms with Crippen LogP contribution in [0.15, 0.2) is 72.8 Å². The Morgan fingerprint density at radius 3 is 2.10 bits per heavy atom. The maximum Gasteiger partial charge on any atom is 0.233 e. The number of methoxy groups -OCH3 is 1. The Labute approximate surface area is 179 Å². The summed E-state index contributed by atoms with van der Waals surface area (Å²) in [6.45, 7) is 0. The van der Waals surface area contributed by atoms with E-state index >= 15 is 0 Å². The third kappa shape index (κ3) is 4.30. The normalized spacial score (nSPS) is 19.1. The number of anilines is 1. The average molecular weight is 423 g/mol. The molecule has 31 heavy (non-hydrogen) atoms. The maximum atomic E-state index is 13.4. The molecule has 4 rings (SSSR count). The number of amides is 1. The first-order valence-corrected chi connectivity index (χ1v) is 10.1. The maximum absolute atomic E-state index is 13.4. The highest BCUT2D eigenvalue weighted by atomic mass is 19.1. The predicted molar refractivity (Wildman–Crippen MR) is 114 cm³/mol. The van der Waals surface area contributed by atoms with E-state index in [0.717, 1.165) is 5.56 Å². The molecule has 0 aromatic heterocycles. The van der Waals surface area contributed by atoms with Crippen LogP contribution >= 0.6 is 0 Å². The van der Waals surface area contributed by atoms with Gasteiger partial charge in [-0.05, 0) is 72.5 Å². The highest BCUT2D eigenvalue weighted by Crippen LogP contribution is 2.46. The van der Waals surface area contributed by atoms with Gasteiger partial charge in [-0.3, -0.25) is 4.79 Å². The Bertz CT molecular complexity index is 1040. The number of aliphatic hydroxyl groups is 1. The molecule has 0 bridgehead atoms. The lowest BCUT2D eigenvalue weighted by Crippen LogP contribution is -2.55. The number of aliphatic hydroxyl groups excluding tert-OH is 1. The van der Waals surface area contributed by atoms with E-state index < -0.39 is 6.10 Å². The zero-order valence-corrected chi connectivity index (χ0v) is 17.0. The molecule has 1 aliphatic rings. The van der Waals surface area contributed by atoms with Crippen LogP contribution in [0.2, 0.25) is 0 Å². The zero-order valence-electron chi connectivity index (χ0n) is 17.0. The first-order chi connectivity index (χ1) is 15.0. The van der Waals surface area contributed by atoms with Crippen molar-refractivity contribution >= 4 is 11.6 Å². The summed E-state index contributed by atoms with van der Waals surface area (Å²) in [6.07, 6.45) is 0.0438. The van der Waals surface area contributed by atoms with Gasteiger partial charge in [-0.25, -0.2) is 8.78 Å². The van der Waals surface area contributed by atoms with Gasteiger partial charge in [0.25, 0.3) is 0 Å². The van der Waals surface area contributed by atoms with Gasteiger partial charge < -0.3 is 14.7 Å². The van der Waals surface area contributed by atoms with Gasteiger partial charge >= 0.3 is 0 Å². The smallest absolute Gasteiger partial charge is 0.233 e. The molecule has 1 heterocycles. The van der Waals surface area contributed by atoms with Crippen LogP contribution in [0.3, 0.4) is 0 Å². The van der Waals surface area contributed by atoms with Crippen molar-refractivity contribution in [2.24, 2.45) is 5.92 Å². The molecule has 1 saturated heterocycles. The van der Waals surface area contributed by atoms with Crippen molar-refractivity contribution in [3.63, 3.8) is 0 Å². The van der Waals surface area contributed by atoms with E-state index in [0.29, 0.717) is 29.8 Å². The number of rotatable bonds is 7. The van der Waals surface area contributed by atoms with E-state index in [-0.39, 0.29) is 29.5 Å². The molecule has 160 valence electrons. The third-order valence-corrected chi connectivity index (χ3v) is 5.78. The van der Waals surface area contributed by atoms with Gasteiger partial charge in [-0.1, -0.05) is 24.3 Å². The molecule has 3 aromatic carbocycles.